The minimum Gasteiger partial charge on any atom is -0.355 e. The number of rotatable bonds is 7. The number of amides is 1. The van der Waals surface area contributed by atoms with Gasteiger partial charge in [0.15, 0.2) is 0 Å². The molecule has 1 unspecified atom stereocenters. The zero-order valence-electron chi connectivity index (χ0n) is 16.3. The van der Waals surface area contributed by atoms with Gasteiger partial charge in [0, 0.05) is 24.7 Å². The Morgan fingerprint density at radius 1 is 1.26 bits per heavy atom. The van der Waals surface area contributed by atoms with Gasteiger partial charge in [0.2, 0.25) is 5.91 Å². The number of carbonyl (C=O) groups is 1. The molecule has 0 bridgehead atoms. The van der Waals surface area contributed by atoms with Crippen LogP contribution in [0.1, 0.15) is 31.7 Å². The molecule has 0 aliphatic carbocycles. The van der Waals surface area contributed by atoms with Crippen molar-refractivity contribution in [3.63, 3.8) is 0 Å². The van der Waals surface area contributed by atoms with Gasteiger partial charge in [-0.1, -0.05) is 48.2 Å². The molecule has 2 aromatic carbocycles. The second kappa shape index (κ2) is 9.90. The van der Waals surface area contributed by atoms with E-state index in [-0.39, 0.29) is 5.91 Å². The number of carbonyl (C=O) groups excluding carboxylic acids is 1. The summed E-state index contributed by atoms with van der Waals surface area (Å²) >= 11 is 1.53. The van der Waals surface area contributed by atoms with Crippen LogP contribution in [0, 0.1) is 0 Å². The molecule has 1 aliphatic heterocycles. The molecule has 0 spiro atoms. The van der Waals surface area contributed by atoms with Gasteiger partial charge in [-0.25, -0.2) is 0 Å². The van der Waals surface area contributed by atoms with Crippen LogP contribution in [-0.4, -0.2) is 54.3 Å². The maximum atomic E-state index is 12.3. The quantitative estimate of drug-likeness (QED) is 0.582. The third-order valence-electron chi connectivity index (χ3n) is 5.11. The summed E-state index contributed by atoms with van der Waals surface area (Å²) in [6, 6.07) is 15.3. The van der Waals surface area contributed by atoms with E-state index in [2.05, 4.69) is 52.6 Å². The molecule has 1 atom stereocenters. The van der Waals surface area contributed by atoms with Crippen LogP contribution in [-0.2, 0) is 4.79 Å². The molecule has 1 aliphatic rings. The summed E-state index contributed by atoms with van der Waals surface area (Å²) in [6.45, 7) is 4.67. The molecule has 1 fully saturated rings. The highest BCUT2D eigenvalue weighted by molar-refractivity contribution is 8.14. The normalized spacial score (nSPS) is 18.1. The number of hydrogen-bond acceptors (Lipinski definition) is 4. The first kappa shape index (κ1) is 19.9. The molecule has 1 amide bonds. The highest BCUT2D eigenvalue weighted by atomic mass is 32.2. The van der Waals surface area contributed by atoms with Gasteiger partial charge >= 0.3 is 0 Å². The van der Waals surface area contributed by atoms with Crippen molar-refractivity contribution in [2.24, 2.45) is 4.99 Å². The molecule has 0 saturated carbocycles. The topological polar surface area (TPSA) is 44.7 Å². The highest BCUT2D eigenvalue weighted by Gasteiger charge is 2.20. The van der Waals surface area contributed by atoms with Crippen LogP contribution in [0.5, 0.6) is 0 Å². The first-order chi connectivity index (χ1) is 13.2. The Hall–Kier alpha value is -1.85. The fourth-order valence-corrected chi connectivity index (χ4v) is 4.48. The fourth-order valence-electron chi connectivity index (χ4n) is 3.59. The van der Waals surface area contributed by atoms with Gasteiger partial charge in [-0.05, 0) is 56.6 Å². The Morgan fingerprint density at radius 3 is 2.81 bits per heavy atom. The zero-order valence-corrected chi connectivity index (χ0v) is 17.1. The van der Waals surface area contributed by atoms with Crippen molar-refractivity contribution in [1.82, 2.24) is 10.2 Å². The molecule has 27 heavy (non-hydrogen) atoms. The van der Waals surface area contributed by atoms with E-state index in [1.54, 1.807) is 0 Å². The first-order valence-electron chi connectivity index (χ1n) is 9.80. The summed E-state index contributed by atoms with van der Waals surface area (Å²) < 4.78 is 0. The van der Waals surface area contributed by atoms with E-state index in [4.69, 9.17) is 0 Å². The minimum atomic E-state index is 0.0882. The van der Waals surface area contributed by atoms with Crippen LogP contribution >= 0.6 is 11.8 Å². The number of nitrogens with zero attached hydrogens (tertiary/aromatic N) is 2. The standard InChI is InChI=1S/C22H29N3OS/c1-3-23-22(19-11-10-17-7-4-5-8-18(17)15-19)27-16-21(26)24-13-12-20-9-6-14-25(20)2/h4-5,7-8,10-11,15,20H,3,6,9,12-14,16H2,1-2H3,(H,24,26). The van der Waals surface area contributed by atoms with Crippen LogP contribution in [0.25, 0.3) is 10.8 Å². The molecular weight excluding hydrogens is 354 g/mol. The Bertz CT molecular complexity index is 805. The zero-order chi connectivity index (χ0) is 19.1. The fraction of sp³-hybridized carbons (Fsp3) is 0.455. The molecule has 2 aromatic rings. The van der Waals surface area contributed by atoms with Gasteiger partial charge < -0.3 is 10.2 Å². The third-order valence-corrected chi connectivity index (χ3v) is 6.15. The molecule has 1 saturated heterocycles. The molecule has 4 nitrogen and oxygen atoms in total. The van der Waals surface area contributed by atoms with Crippen molar-refractivity contribution in [2.75, 3.05) is 32.4 Å². The van der Waals surface area contributed by atoms with Gasteiger partial charge in [-0.15, -0.1) is 0 Å². The summed E-state index contributed by atoms with van der Waals surface area (Å²) in [5.74, 6) is 0.497. The molecular formula is C22H29N3OS. The monoisotopic (exact) mass is 383 g/mol. The Labute approximate surface area is 166 Å². The van der Waals surface area contributed by atoms with Gasteiger partial charge in [0.1, 0.15) is 0 Å². The summed E-state index contributed by atoms with van der Waals surface area (Å²) in [5, 5.41) is 6.42. The lowest BCUT2D eigenvalue weighted by atomic mass is 10.1. The Morgan fingerprint density at radius 2 is 2.07 bits per heavy atom. The second-order valence-electron chi connectivity index (χ2n) is 7.05. The molecule has 1 N–H and O–H groups in total. The van der Waals surface area contributed by atoms with E-state index in [1.807, 2.05) is 19.1 Å². The smallest absolute Gasteiger partial charge is 0.230 e. The number of benzene rings is 2. The lowest BCUT2D eigenvalue weighted by Gasteiger charge is -2.19. The Kier molecular flexibility index (Phi) is 7.30. The molecule has 3 rings (SSSR count). The van der Waals surface area contributed by atoms with Crippen LogP contribution in [0.4, 0.5) is 0 Å². The summed E-state index contributed by atoms with van der Waals surface area (Å²) in [7, 11) is 2.17. The predicted molar refractivity (Wildman–Crippen MR) is 117 cm³/mol. The summed E-state index contributed by atoms with van der Waals surface area (Å²) in [5.41, 5.74) is 1.08. The predicted octanol–water partition coefficient (Wildman–Crippen LogP) is 3.94. The van der Waals surface area contributed by atoms with Crippen molar-refractivity contribution in [3.05, 3.63) is 48.0 Å². The van der Waals surface area contributed by atoms with E-state index in [0.717, 1.165) is 23.6 Å². The number of likely N-dealkylation sites (tertiary alicyclic amines) is 1. The molecule has 144 valence electrons. The summed E-state index contributed by atoms with van der Waals surface area (Å²) in [4.78, 5) is 19.3. The van der Waals surface area contributed by atoms with Crippen molar-refractivity contribution in [3.8, 4) is 0 Å². The number of fused-ring (bicyclic) bond motifs is 1. The number of hydrogen-bond donors (Lipinski definition) is 1. The maximum absolute atomic E-state index is 12.3. The first-order valence-corrected chi connectivity index (χ1v) is 10.8. The van der Waals surface area contributed by atoms with Crippen LogP contribution < -0.4 is 5.32 Å². The molecule has 0 radical (unpaired) electrons. The molecule has 1 heterocycles. The van der Waals surface area contributed by atoms with Crippen LogP contribution in [0.2, 0.25) is 0 Å². The van der Waals surface area contributed by atoms with Crippen LogP contribution in [0.3, 0.4) is 0 Å². The lowest BCUT2D eigenvalue weighted by molar-refractivity contribution is -0.118. The van der Waals surface area contributed by atoms with Crippen molar-refractivity contribution >= 4 is 33.5 Å². The third kappa shape index (κ3) is 5.56. The number of nitrogens with one attached hydrogen (secondary N) is 1. The molecule has 0 aromatic heterocycles. The molecule has 5 heteroatoms. The highest BCUT2D eigenvalue weighted by Crippen LogP contribution is 2.21. The maximum Gasteiger partial charge on any atom is 0.230 e. The Balaban J connectivity index is 1.53. The average Bonchev–Trinajstić information content (AvgIpc) is 3.09. The largest absolute Gasteiger partial charge is 0.355 e. The number of thioether (sulfide) groups is 1. The average molecular weight is 384 g/mol. The van der Waals surface area contributed by atoms with E-state index in [1.165, 1.54) is 41.9 Å². The second-order valence-corrected chi connectivity index (χ2v) is 8.01. The summed E-state index contributed by atoms with van der Waals surface area (Å²) in [6.07, 6.45) is 3.55. The van der Waals surface area contributed by atoms with Crippen LogP contribution in [0.15, 0.2) is 47.5 Å². The van der Waals surface area contributed by atoms with Gasteiger partial charge in [0.05, 0.1) is 10.8 Å². The van der Waals surface area contributed by atoms with Crippen molar-refractivity contribution in [1.29, 1.82) is 0 Å². The van der Waals surface area contributed by atoms with E-state index >= 15 is 0 Å². The van der Waals surface area contributed by atoms with Gasteiger partial charge in [-0.3, -0.25) is 9.79 Å². The lowest BCUT2D eigenvalue weighted by Crippen LogP contribution is -2.32. The van der Waals surface area contributed by atoms with E-state index in [0.29, 0.717) is 18.3 Å². The number of aliphatic imine (C=N–C) groups is 1. The SMILES string of the molecule is CCN=C(SCC(=O)NCCC1CCCN1C)c1ccc2ccccc2c1. The van der Waals surface area contributed by atoms with E-state index in [9.17, 15) is 4.79 Å². The van der Waals surface area contributed by atoms with Gasteiger partial charge in [0.25, 0.3) is 0 Å². The van der Waals surface area contributed by atoms with E-state index < -0.39 is 0 Å². The van der Waals surface area contributed by atoms with Crippen molar-refractivity contribution < 1.29 is 4.79 Å². The van der Waals surface area contributed by atoms with Crippen molar-refractivity contribution in [2.45, 2.75) is 32.2 Å². The minimum absolute atomic E-state index is 0.0882. The van der Waals surface area contributed by atoms with Gasteiger partial charge in [-0.2, -0.15) is 0 Å².